The summed E-state index contributed by atoms with van der Waals surface area (Å²) in [5.41, 5.74) is 8.30. The molecule has 0 radical (unpaired) electrons. The highest BCUT2D eigenvalue weighted by atomic mass is 35.5. The quantitative estimate of drug-likeness (QED) is 0.640. The zero-order valence-corrected chi connectivity index (χ0v) is 14.5. The molecule has 1 fully saturated rings. The van der Waals surface area contributed by atoms with E-state index >= 15 is 0 Å². The summed E-state index contributed by atoms with van der Waals surface area (Å²) < 4.78 is 0. The smallest absolute Gasteiger partial charge is 0.304 e. The summed E-state index contributed by atoms with van der Waals surface area (Å²) in [6.45, 7) is 2.21. The third kappa shape index (κ3) is 4.35. The Hall–Kier alpha value is -1.89. The number of amides is 1. The van der Waals surface area contributed by atoms with E-state index in [4.69, 9.17) is 5.73 Å². The van der Waals surface area contributed by atoms with Gasteiger partial charge >= 0.3 is 10.5 Å². The minimum absolute atomic E-state index is 0.368. The number of aromatic amines is 1. The summed E-state index contributed by atoms with van der Waals surface area (Å²) in [6, 6.07) is 5.60. The molecule has 6 nitrogen and oxygen atoms in total. The predicted octanol–water partition coefficient (Wildman–Crippen LogP) is 2.20. The number of fused-ring (bicyclic) bond motifs is 1. The van der Waals surface area contributed by atoms with Gasteiger partial charge in [0, 0.05) is 29.2 Å². The van der Waals surface area contributed by atoms with Gasteiger partial charge in [0.05, 0.1) is 0 Å². The molecule has 2 aromatic rings. The van der Waals surface area contributed by atoms with Gasteiger partial charge in [-0.15, -0.1) is 0 Å². The monoisotopic (exact) mass is 369 g/mol. The molecule has 0 bridgehead atoms. The normalized spacial score (nSPS) is 17.4. The van der Waals surface area contributed by atoms with E-state index in [9.17, 15) is 14.4 Å². The summed E-state index contributed by atoms with van der Waals surface area (Å²) in [7, 11) is 2.14. The molecule has 1 unspecified atom stereocenters. The van der Waals surface area contributed by atoms with E-state index in [-0.39, 0.29) is 5.91 Å². The van der Waals surface area contributed by atoms with Crippen LogP contribution < -0.4 is 5.73 Å². The molecule has 0 aliphatic carbocycles. The molecule has 3 N–H and O–H groups in total. The largest absolute Gasteiger partial charge is 0.366 e. The Bertz CT molecular complexity index is 776. The van der Waals surface area contributed by atoms with Crippen LogP contribution >= 0.6 is 23.2 Å². The number of nitrogens with one attached hydrogen (secondary N) is 1. The maximum absolute atomic E-state index is 11.3. The molecule has 24 heavy (non-hydrogen) atoms. The van der Waals surface area contributed by atoms with E-state index < -0.39 is 10.5 Å². The highest BCUT2D eigenvalue weighted by Crippen LogP contribution is 2.32. The number of carbonyl (C=O) groups is 3. The molecule has 1 amide bonds. The van der Waals surface area contributed by atoms with E-state index in [2.05, 4.69) is 46.3 Å². The van der Waals surface area contributed by atoms with Gasteiger partial charge in [-0.25, -0.2) is 0 Å². The van der Waals surface area contributed by atoms with Gasteiger partial charge in [0.25, 0.3) is 0 Å². The van der Waals surface area contributed by atoms with Gasteiger partial charge in [-0.05, 0) is 72.9 Å². The lowest BCUT2D eigenvalue weighted by Gasteiger charge is -2.09. The molecule has 2 heterocycles. The molecule has 1 aliphatic heterocycles. The number of nitrogens with two attached hydrogens (primary N) is 1. The number of benzene rings is 1. The van der Waals surface area contributed by atoms with Crippen LogP contribution in [-0.2, 0) is 9.59 Å². The van der Waals surface area contributed by atoms with Gasteiger partial charge in [0.1, 0.15) is 0 Å². The Balaban J connectivity index is 0.000000301. The molecule has 1 saturated heterocycles. The van der Waals surface area contributed by atoms with Crippen LogP contribution in [-0.4, -0.2) is 46.4 Å². The van der Waals surface area contributed by atoms with Crippen LogP contribution in [0.5, 0.6) is 0 Å². The van der Waals surface area contributed by atoms with Crippen molar-refractivity contribution in [1.82, 2.24) is 9.88 Å². The van der Waals surface area contributed by atoms with Crippen molar-refractivity contribution < 1.29 is 14.4 Å². The lowest BCUT2D eigenvalue weighted by molar-refractivity contribution is -0.127. The first-order chi connectivity index (χ1) is 11.3. The van der Waals surface area contributed by atoms with Crippen LogP contribution in [0.25, 0.3) is 10.9 Å². The number of nitrogens with zero attached hydrogens (tertiary/aromatic N) is 1. The zero-order valence-electron chi connectivity index (χ0n) is 13.0. The lowest BCUT2D eigenvalue weighted by Crippen LogP contribution is -2.13. The molecular weight excluding hydrogens is 353 g/mol. The average Bonchev–Trinajstić information content (AvgIpc) is 3.12. The maximum Gasteiger partial charge on any atom is 0.304 e. The number of H-pyrrole nitrogens is 1. The van der Waals surface area contributed by atoms with Crippen molar-refractivity contribution in [2.75, 3.05) is 20.1 Å². The second-order valence-electron chi connectivity index (χ2n) is 5.66. The number of hydrogen-bond donors (Lipinski definition) is 2. The fourth-order valence-electron chi connectivity index (χ4n) is 2.82. The number of likely N-dealkylation sites (tertiary alicyclic amines) is 1. The van der Waals surface area contributed by atoms with Gasteiger partial charge in [-0.1, -0.05) is 0 Å². The van der Waals surface area contributed by atoms with Crippen molar-refractivity contribution in [3.63, 3.8) is 0 Å². The molecular formula is C16H17Cl2N3O3. The van der Waals surface area contributed by atoms with Crippen molar-refractivity contribution in [3.05, 3.63) is 35.5 Å². The Morgan fingerprint density at radius 3 is 2.42 bits per heavy atom. The standard InChI is InChI=1S/C14H17N3O.C2Cl2O2/c1-17-5-4-10(8-17)12-7-16-13-3-2-9(14(15)18)6-11(12)13;3-1(5)2(4)6/h2-3,6-7,10,16H,4-5,8H2,1H3,(H2,15,18);. The first kappa shape index (κ1) is 18.4. The summed E-state index contributed by atoms with van der Waals surface area (Å²) in [4.78, 5) is 35.7. The van der Waals surface area contributed by atoms with Crippen molar-refractivity contribution in [3.8, 4) is 0 Å². The van der Waals surface area contributed by atoms with E-state index in [0.717, 1.165) is 24.0 Å². The molecule has 8 heteroatoms. The van der Waals surface area contributed by atoms with E-state index in [1.54, 1.807) is 6.07 Å². The topological polar surface area (TPSA) is 96.3 Å². The van der Waals surface area contributed by atoms with Gasteiger partial charge < -0.3 is 15.6 Å². The fourth-order valence-corrected chi connectivity index (χ4v) is 2.82. The molecule has 0 spiro atoms. The predicted molar refractivity (Wildman–Crippen MR) is 93.4 cm³/mol. The molecule has 3 rings (SSSR count). The number of likely N-dealkylation sites (N-methyl/N-ethyl adjacent to an activating group) is 1. The Morgan fingerprint density at radius 2 is 1.92 bits per heavy atom. The molecule has 1 atom stereocenters. The van der Waals surface area contributed by atoms with E-state index in [0.29, 0.717) is 11.5 Å². The van der Waals surface area contributed by atoms with Crippen LogP contribution in [0.4, 0.5) is 0 Å². The highest BCUT2D eigenvalue weighted by molar-refractivity contribution is 6.97. The summed E-state index contributed by atoms with van der Waals surface area (Å²) in [5, 5.41) is -1.15. The third-order valence-corrected chi connectivity index (χ3v) is 4.42. The fraction of sp³-hybridized carbons (Fsp3) is 0.312. The van der Waals surface area contributed by atoms with Crippen LogP contribution in [0.1, 0.15) is 28.3 Å². The van der Waals surface area contributed by atoms with E-state index in [1.807, 2.05) is 12.1 Å². The third-order valence-electron chi connectivity index (χ3n) is 3.98. The van der Waals surface area contributed by atoms with E-state index in [1.165, 1.54) is 12.0 Å². The molecule has 1 aromatic carbocycles. The number of carbonyl (C=O) groups excluding carboxylic acids is 3. The van der Waals surface area contributed by atoms with Gasteiger partial charge in [-0.2, -0.15) is 0 Å². The number of primary amides is 1. The van der Waals surface area contributed by atoms with Gasteiger partial charge in [-0.3, -0.25) is 14.4 Å². The summed E-state index contributed by atoms with van der Waals surface area (Å²) in [6.07, 6.45) is 3.24. The number of aromatic nitrogens is 1. The Morgan fingerprint density at radius 1 is 1.25 bits per heavy atom. The highest BCUT2D eigenvalue weighted by Gasteiger charge is 2.23. The van der Waals surface area contributed by atoms with Crippen LogP contribution in [0.15, 0.2) is 24.4 Å². The Labute approximate surface area is 148 Å². The van der Waals surface area contributed by atoms with Crippen molar-refractivity contribution in [1.29, 1.82) is 0 Å². The van der Waals surface area contributed by atoms with Crippen molar-refractivity contribution in [2.45, 2.75) is 12.3 Å². The second kappa shape index (κ2) is 7.79. The number of hydrogen-bond acceptors (Lipinski definition) is 4. The summed E-state index contributed by atoms with van der Waals surface area (Å²) >= 11 is 8.98. The van der Waals surface area contributed by atoms with Crippen molar-refractivity contribution >= 4 is 50.5 Å². The van der Waals surface area contributed by atoms with Crippen LogP contribution in [0.2, 0.25) is 0 Å². The minimum atomic E-state index is -1.14. The maximum atomic E-state index is 11.3. The number of rotatable bonds is 3. The Kier molecular flexibility index (Phi) is 5.99. The summed E-state index contributed by atoms with van der Waals surface area (Å²) in [5.74, 6) is 0.180. The molecule has 0 saturated carbocycles. The van der Waals surface area contributed by atoms with Crippen LogP contribution in [0.3, 0.4) is 0 Å². The zero-order chi connectivity index (χ0) is 17.9. The number of halogens is 2. The van der Waals surface area contributed by atoms with Crippen molar-refractivity contribution in [2.24, 2.45) is 5.73 Å². The van der Waals surface area contributed by atoms with Crippen LogP contribution in [0, 0.1) is 0 Å². The second-order valence-corrected chi connectivity index (χ2v) is 6.35. The first-order valence-corrected chi connectivity index (χ1v) is 8.04. The molecule has 128 valence electrons. The molecule has 1 aliphatic rings. The molecule has 1 aromatic heterocycles. The lowest BCUT2D eigenvalue weighted by atomic mass is 9.97. The minimum Gasteiger partial charge on any atom is -0.366 e. The SMILES string of the molecule is CN1CCC(c2c[nH]c3ccc(C(N)=O)cc23)C1.O=C(Cl)C(=O)Cl. The first-order valence-electron chi connectivity index (χ1n) is 7.28. The van der Waals surface area contributed by atoms with Gasteiger partial charge in [0.2, 0.25) is 5.91 Å². The average molecular weight is 370 g/mol. The van der Waals surface area contributed by atoms with Gasteiger partial charge in [0.15, 0.2) is 0 Å².